The number of benzene rings is 2. The van der Waals surface area contributed by atoms with Gasteiger partial charge in [-0.1, -0.05) is 11.8 Å². The summed E-state index contributed by atoms with van der Waals surface area (Å²) in [6.07, 6.45) is 0. The van der Waals surface area contributed by atoms with Crippen molar-refractivity contribution < 1.29 is 14.3 Å². The molecule has 0 aliphatic carbocycles. The number of carbonyl (C=O) groups excluding carboxylic acids is 1. The monoisotopic (exact) mass is 302 g/mol. The van der Waals surface area contributed by atoms with Crippen molar-refractivity contribution in [2.24, 2.45) is 0 Å². The molecule has 0 aliphatic rings. The summed E-state index contributed by atoms with van der Waals surface area (Å²) < 4.78 is 10.4. The minimum atomic E-state index is -0.302. The Morgan fingerprint density at radius 1 is 0.952 bits per heavy atom. The van der Waals surface area contributed by atoms with E-state index in [1.54, 1.807) is 18.9 Å². The standard InChI is InChI=1S/C17H18O3S/c1-11-9-14(5-7-16(11)19-4)21-15-6-8-17(12(2)10-15)20-13(3)18/h5-10H,1-4H3. The minimum absolute atomic E-state index is 0.302. The van der Waals surface area contributed by atoms with E-state index in [0.717, 1.165) is 26.7 Å². The first-order chi connectivity index (χ1) is 9.99. The zero-order chi connectivity index (χ0) is 15.4. The van der Waals surface area contributed by atoms with Gasteiger partial charge in [-0.05, 0) is 61.4 Å². The minimum Gasteiger partial charge on any atom is -0.496 e. The molecule has 0 N–H and O–H groups in total. The zero-order valence-electron chi connectivity index (χ0n) is 12.6. The molecule has 4 heteroatoms. The fraction of sp³-hybridized carbons (Fsp3) is 0.235. The molecule has 0 atom stereocenters. The Balaban J connectivity index is 2.18. The van der Waals surface area contributed by atoms with Crippen LogP contribution in [0, 0.1) is 13.8 Å². The summed E-state index contributed by atoms with van der Waals surface area (Å²) in [5.41, 5.74) is 2.05. The molecule has 0 radical (unpaired) electrons. The molecule has 110 valence electrons. The first kappa shape index (κ1) is 15.4. The lowest BCUT2D eigenvalue weighted by atomic mass is 10.2. The van der Waals surface area contributed by atoms with E-state index < -0.39 is 0 Å². The third-order valence-electron chi connectivity index (χ3n) is 3.00. The molecule has 0 unspecified atom stereocenters. The Kier molecular flexibility index (Phi) is 4.91. The lowest BCUT2D eigenvalue weighted by Gasteiger charge is -2.09. The summed E-state index contributed by atoms with van der Waals surface area (Å²) in [6.45, 7) is 5.36. The van der Waals surface area contributed by atoms with Crippen LogP contribution in [0.25, 0.3) is 0 Å². The second-order valence-corrected chi connectivity index (χ2v) is 5.90. The van der Waals surface area contributed by atoms with E-state index in [-0.39, 0.29) is 5.97 Å². The summed E-state index contributed by atoms with van der Waals surface area (Å²) in [6, 6.07) is 11.9. The summed E-state index contributed by atoms with van der Waals surface area (Å²) in [5, 5.41) is 0. The maximum Gasteiger partial charge on any atom is 0.308 e. The van der Waals surface area contributed by atoms with E-state index in [0.29, 0.717) is 5.75 Å². The average molecular weight is 302 g/mol. The van der Waals surface area contributed by atoms with Gasteiger partial charge in [-0.2, -0.15) is 0 Å². The van der Waals surface area contributed by atoms with Crippen molar-refractivity contribution in [3.05, 3.63) is 47.5 Å². The van der Waals surface area contributed by atoms with E-state index >= 15 is 0 Å². The Labute approximate surface area is 129 Å². The van der Waals surface area contributed by atoms with Crippen LogP contribution in [0.1, 0.15) is 18.1 Å². The molecular weight excluding hydrogens is 284 g/mol. The van der Waals surface area contributed by atoms with Gasteiger partial charge in [-0.3, -0.25) is 4.79 Å². The van der Waals surface area contributed by atoms with Crippen molar-refractivity contribution in [1.82, 2.24) is 0 Å². The van der Waals surface area contributed by atoms with E-state index in [9.17, 15) is 4.79 Å². The Hall–Kier alpha value is -1.94. The van der Waals surface area contributed by atoms with Crippen LogP contribution >= 0.6 is 11.8 Å². The van der Waals surface area contributed by atoms with Crippen LogP contribution < -0.4 is 9.47 Å². The highest BCUT2D eigenvalue weighted by atomic mass is 32.2. The lowest BCUT2D eigenvalue weighted by Crippen LogP contribution is -2.02. The van der Waals surface area contributed by atoms with Crippen LogP contribution in [0.15, 0.2) is 46.2 Å². The van der Waals surface area contributed by atoms with E-state index in [2.05, 4.69) is 6.07 Å². The van der Waals surface area contributed by atoms with Crippen LogP contribution in [0.2, 0.25) is 0 Å². The van der Waals surface area contributed by atoms with Gasteiger partial charge in [0.05, 0.1) is 7.11 Å². The molecule has 2 aromatic carbocycles. The Morgan fingerprint density at radius 2 is 1.48 bits per heavy atom. The van der Waals surface area contributed by atoms with Gasteiger partial charge >= 0.3 is 5.97 Å². The molecule has 2 aromatic rings. The molecule has 0 bridgehead atoms. The van der Waals surface area contributed by atoms with Crippen molar-refractivity contribution in [2.45, 2.75) is 30.6 Å². The zero-order valence-corrected chi connectivity index (χ0v) is 13.4. The second-order valence-electron chi connectivity index (χ2n) is 4.75. The first-order valence-electron chi connectivity index (χ1n) is 6.61. The van der Waals surface area contributed by atoms with Gasteiger partial charge in [0.15, 0.2) is 0 Å². The van der Waals surface area contributed by atoms with E-state index in [4.69, 9.17) is 9.47 Å². The van der Waals surface area contributed by atoms with Crippen LogP contribution in [0.3, 0.4) is 0 Å². The fourth-order valence-electron chi connectivity index (χ4n) is 2.01. The van der Waals surface area contributed by atoms with Crippen LogP contribution in [0.5, 0.6) is 11.5 Å². The highest BCUT2D eigenvalue weighted by Gasteiger charge is 2.06. The van der Waals surface area contributed by atoms with E-state index in [1.807, 2.05) is 44.2 Å². The molecular formula is C17H18O3S. The fourth-order valence-corrected chi connectivity index (χ4v) is 3.02. The number of rotatable bonds is 4. The Bertz CT molecular complexity index is 665. The largest absolute Gasteiger partial charge is 0.496 e. The Morgan fingerprint density at radius 3 is 1.90 bits per heavy atom. The number of methoxy groups -OCH3 is 1. The maximum atomic E-state index is 11.0. The number of carbonyl (C=O) groups is 1. The van der Waals surface area contributed by atoms with Crippen molar-refractivity contribution in [2.75, 3.05) is 7.11 Å². The third kappa shape index (κ3) is 4.02. The van der Waals surface area contributed by atoms with Gasteiger partial charge < -0.3 is 9.47 Å². The lowest BCUT2D eigenvalue weighted by molar-refractivity contribution is -0.131. The highest BCUT2D eigenvalue weighted by Crippen LogP contribution is 2.33. The summed E-state index contributed by atoms with van der Waals surface area (Å²) >= 11 is 1.67. The average Bonchev–Trinajstić information content (AvgIpc) is 2.42. The quantitative estimate of drug-likeness (QED) is 0.620. The maximum absolute atomic E-state index is 11.0. The SMILES string of the molecule is COc1ccc(Sc2ccc(OC(C)=O)c(C)c2)cc1C. The molecule has 3 nitrogen and oxygen atoms in total. The first-order valence-corrected chi connectivity index (χ1v) is 7.43. The van der Waals surface area contributed by atoms with Crippen LogP contribution in [-0.4, -0.2) is 13.1 Å². The van der Waals surface area contributed by atoms with Crippen molar-refractivity contribution >= 4 is 17.7 Å². The molecule has 0 spiro atoms. The second kappa shape index (κ2) is 6.68. The van der Waals surface area contributed by atoms with Crippen molar-refractivity contribution in [3.8, 4) is 11.5 Å². The summed E-state index contributed by atoms with van der Waals surface area (Å²) in [5.74, 6) is 1.20. The number of aryl methyl sites for hydroxylation is 2. The number of ether oxygens (including phenoxy) is 2. The van der Waals surface area contributed by atoms with Crippen molar-refractivity contribution in [3.63, 3.8) is 0 Å². The molecule has 2 rings (SSSR count). The highest BCUT2D eigenvalue weighted by molar-refractivity contribution is 7.99. The molecule has 0 saturated carbocycles. The molecule has 0 saturated heterocycles. The number of hydrogen-bond acceptors (Lipinski definition) is 4. The van der Waals surface area contributed by atoms with Gasteiger partial charge in [-0.25, -0.2) is 0 Å². The summed E-state index contributed by atoms with van der Waals surface area (Å²) in [4.78, 5) is 13.3. The van der Waals surface area contributed by atoms with Gasteiger partial charge in [-0.15, -0.1) is 0 Å². The third-order valence-corrected chi connectivity index (χ3v) is 3.98. The predicted octanol–water partition coefficient (Wildman–Crippen LogP) is 4.39. The number of hydrogen-bond donors (Lipinski definition) is 0. The summed E-state index contributed by atoms with van der Waals surface area (Å²) in [7, 11) is 1.67. The molecule has 0 aromatic heterocycles. The molecule has 0 amide bonds. The molecule has 0 heterocycles. The predicted molar refractivity (Wildman–Crippen MR) is 84.3 cm³/mol. The van der Waals surface area contributed by atoms with Gasteiger partial charge in [0.2, 0.25) is 0 Å². The van der Waals surface area contributed by atoms with Crippen molar-refractivity contribution in [1.29, 1.82) is 0 Å². The van der Waals surface area contributed by atoms with E-state index in [1.165, 1.54) is 6.92 Å². The molecule has 0 fully saturated rings. The number of esters is 1. The van der Waals surface area contributed by atoms with Gasteiger partial charge in [0.1, 0.15) is 11.5 Å². The normalized spacial score (nSPS) is 10.3. The van der Waals surface area contributed by atoms with Gasteiger partial charge in [0, 0.05) is 16.7 Å². The van der Waals surface area contributed by atoms with Gasteiger partial charge in [0.25, 0.3) is 0 Å². The molecule has 0 aliphatic heterocycles. The smallest absolute Gasteiger partial charge is 0.308 e. The van der Waals surface area contributed by atoms with Crippen LogP contribution in [-0.2, 0) is 4.79 Å². The topological polar surface area (TPSA) is 35.5 Å². The van der Waals surface area contributed by atoms with Crippen LogP contribution in [0.4, 0.5) is 0 Å². The molecule has 21 heavy (non-hydrogen) atoms.